The minimum atomic E-state index is 0.00292. The van der Waals surface area contributed by atoms with Gasteiger partial charge in [0, 0.05) is 18.4 Å². The maximum atomic E-state index is 5.81. The van der Waals surface area contributed by atoms with Gasteiger partial charge in [0.25, 0.3) is 0 Å². The van der Waals surface area contributed by atoms with Crippen LogP contribution in [0.4, 0.5) is 0 Å². The minimum absolute atomic E-state index is 0.00292. The highest BCUT2D eigenvalue weighted by Gasteiger charge is 2.24. The van der Waals surface area contributed by atoms with Crippen LogP contribution in [0.2, 0.25) is 0 Å². The lowest BCUT2D eigenvalue weighted by molar-refractivity contribution is -0.158. The first-order valence-electron chi connectivity index (χ1n) is 9.01. The molecule has 5 nitrogen and oxygen atoms in total. The zero-order chi connectivity index (χ0) is 16.1. The number of rotatable bonds is 6. The highest BCUT2D eigenvalue weighted by atomic mass is 32.2. The van der Waals surface area contributed by atoms with Gasteiger partial charge in [0.05, 0.1) is 6.61 Å². The van der Waals surface area contributed by atoms with Crippen molar-refractivity contribution >= 4 is 11.8 Å². The molecule has 1 aliphatic heterocycles. The molecule has 23 heavy (non-hydrogen) atoms. The molecular weight excluding hydrogens is 310 g/mol. The lowest BCUT2D eigenvalue weighted by Crippen LogP contribution is -2.23. The summed E-state index contributed by atoms with van der Waals surface area (Å²) in [6.45, 7) is 5.98. The van der Waals surface area contributed by atoms with Crippen molar-refractivity contribution in [1.82, 2.24) is 14.8 Å². The standard InChI is InChI=1S/C17H29N3O2S/c1-13-6-5-7-15(12-13)20-14(2)18-19-17(20)23-11-10-22-16-8-3-4-9-21-16/h13,15-16H,3-12H2,1-2H3/t13-,15-,16+/m0/s1. The molecular formula is C17H29N3O2S. The molecule has 1 saturated carbocycles. The van der Waals surface area contributed by atoms with Gasteiger partial charge in [-0.1, -0.05) is 31.5 Å². The average Bonchev–Trinajstić information content (AvgIpc) is 2.93. The van der Waals surface area contributed by atoms with E-state index >= 15 is 0 Å². The largest absolute Gasteiger partial charge is 0.353 e. The lowest BCUT2D eigenvalue weighted by Gasteiger charge is -2.29. The van der Waals surface area contributed by atoms with Gasteiger partial charge in [0.2, 0.25) is 0 Å². The molecule has 0 spiro atoms. The van der Waals surface area contributed by atoms with Crippen molar-refractivity contribution in [2.24, 2.45) is 5.92 Å². The maximum Gasteiger partial charge on any atom is 0.191 e. The average molecular weight is 340 g/mol. The molecule has 0 aromatic carbocycles. The molecule has 2 fully saturated rings. The van der Waals surface area contributed by atoms with Crippen LogP contribution in [0.15, 0.2) is 5.16 Å². The molecule has 130 valence electrons. The Morgan fingerprint density at radius 2 is 2.13 bits per heavy atom. The first kappa shape index (κ1) is 17.2. The van der Waals surface area contributed by atoms with E-state index < -0.39 is 0 Å². The predicted octanol–water partition coefficient (Wildman–Crippen LogP) is 3.97. The Morgan fingerprint density at radius 3 is 2.91 bits per heavy atom. The van der Waals surface area contributed by atoms with E-state index in [-0.39, 0.29) is 6.29 Å². The van der Waals surface area contributed by atoms with Gasteiger partial charge in [0.1, 0.15) is 5.82 Å². The number of aryl methyl sites for hydroxylation is 1. The van der Waals surface area contributed by atoms with Crippen molar-refractivity contribution in [2.45, 2.75) is 76.3 Å². The van der Waals surface area contributed by atoms with E-state index in [1.54, 1.807) is 11.8 Å². The van der Waals surface area contributed by atoms with Gasteiger partial charge in [-0.25, -0.2) is 0 Å². The van der Waals surface area contributed by atoms with Crippen molar-refractivity contribution in [3.05, 3.63) is 5.82 Å². The number of aromatic nitrogens is 3. The summed E-state index contributed by atoms with van der Waals surface area (Å²) in [5.74, 6) is 2.75. The Kier molecular flexibility index (Phi) is 6.36. The van der Waals surface area contributed by atoms with E-state index in [4.69, 9.17) is 9.47 Å². The number of nitrogens with zero attached hydrogens (tertiary/aromatic N) is 3. The van der Waals surface area contributed by atoms with Crippen molar-refractivity contribution in [2.75, 3.05) is 19.0 Å². The van der Waals surface area contributed by atoms with Crippen LogP contribution in [0.5, 0.6) is 0 Å². The molecule has 0 N–H and O–H groups in total. The van der Waals surface area contributed by atoms with E-state index in [0.29, 0.717) is 12.6 Å². The van der Waals surface area contributed by atoms with Gasteiger partial charge < -0.3 is 14.0 Å². The second kappa shape index (κ2) is 8.49. The number of hydrogen-bond acceptors (Lipinski definition) is 5. The van der Waals surface area contributed by atoms with Crippen molar-refractivity contribution in [1.29, 1.82) is 0 Å². The molecule has 0 radical (unpaired) electrons. The van der Waals surface area contributed by atoms with Gasteiger partial charge in [0.15, 0.2) is 11.4 Å². The van der Waals surface area contributed by atoms with Gasteiger partial charge in [-0.3, -0.25) is 0 Å². The summed E-state index contributed by atoms with van der Waals surface area (Å²) in [5.41, 5.74) is 0. The fourth-order valence-electron chi connectivity index (χ4n) is 3.66. The fraction of sp³-hybridized carbons (Fsp3) is 0.882. The summed E-state index contributed by atoms with van der Waals surface area (Å²) < 4.78 is 13.8. The SMILES string of the molecule is Cc1nnc(SCCO[C@@H]2CCCCO2)n1[C@H]1CCC[C@H](C)C1. The van der Waals surface area contributed by atoms with Crippen molar-refractivity contribution in [3.8, 4) is 0 Å². The zero-order valence-corrected chi connectivity index (χ0v) is 15.2. The second-order valence-electron chi connectivity index (χ2n) is 6.84. The Morgan fingerprint density at radius 1 is 1.22 bits per heavy atom. The van der Waals surface area contributed by atoms with Gasteiger partial charge in [-0.05, 0) is 44.9 Å². The highest BCUT2D eigenvalue weighted by Crippen LogP contribution is 2.35. The van der Waals surface area contributed by atoms with Crippen LogP contribution in [0, 0.1) is 12.8 Å². The van der Waals surface area contributed by atoms with Crippen LogP contribution in [-0.4, -0.2) is 40.0 Å². The molecule has 2 aliphatic rings. The van der Waals surface area contributed by atoms with E-state index in [0.717, 1.165) is 42.1 Å². The number of thioether (sulfide) groups is 1. The third-order valence-corrected chi connectivity index (χ3v) is 5.77. The summed E-state index contributed by atoms with van der Waals surface area (Å²) in [6.07, 6.45) is 8.58. The summed E-state index contributed by atoms with van der Waals surface area (Å²) in [7, 11) is 0. The molecule has 1 aliphatic carbocycles. The Bertz CT molecular complexity index is 488. The zero-order valence-electron chi connectivity index (χ0n) is 14.4. The Labute approximate surface area is 143 Å². The monoisotopic (exact) mass is 339 g/mol. The van der Waals surface area contributed by atoms with Crippen LogP contribution in [0.3, 0.4) is 0 Å². The van der Waals surface area contributed by atoms with E-state index in [1.165, 1.54) is 32.1 Å². The number of hydrogen-bond donors (Lipinski definition) is 0. The smallest absolute Gasteiger partial charge is 0.191 e. The fourth-order valence-corrected chi connectivity index (χ4v) is 4.54. The van der Waals surface area contributed by atoms with Gasteiger partial charge in [-0.2, -0.15) is 0 Å². The maximum absolute atomic E-state index is 5.81. The molecule has 0 amide bonds. The normalized spacial score (nSPS) is 28.9. The molecule has 0 unspecified atom stereocenters. The lowest BCUT2D eigenvalue weighted by atomic mass is 9.87. The third kappa shape index (κ3) is 4.70. The predicted molar refractivity (Wildman–Crippen MR) is 91.7 cm³/mol. The Hall–Kier alpha value is -0.590. The minimum Gasteiger partial charge on any atom is -0.353 e. The first-order chi connectivity index (χ1) is 11.2. The molecule has 2 heterocycles. The molecule has 3 atom stereocenters. The van der Waals surface area contributed by atoms with Crippen LogP contribution in [0.1, 0.15) is 63.7 Å². The first-order valence-corrected chi connectivity index (χ1v) is 10.00. The summed E-state index contributed by atoms with van der Waals surface area (Å²) >= 11 is 1.76. The topological polar surface area (TPSA) is 49.2 Å². The quantitative estimate of drug-likeness (QED) is 0.580. The third-order valence-electron chi connectivity index (χ3n) is 4.86. The van der Waals surface area contributed by atoms with Gasteiger partial charge in [-0.15, -0.1) is 10.2 Å². The second-order valence-corrected chi connectivity index (χ2v) is 7.90. The summed E-state index contributed by atoms with van der Waals surface area (Å²) in [5, 5.41) is 9.75. The molecule has 6 heteroatoms. The highest BCUT2D eigenvalue weighted by molar-refractivity contribution is 7.99. The molecule has 1 aromatic rings. The summed E-state index contributed by atoms with van der Waals surface area (Å²) in [4.78, 5) is 0. The van der Waals surface area contributed by atoms with Crippen molar-refractivity contribution < 1.29 is 9.47 Å². The summed E-state index contributed by atoms with van der Waals surface area (Å²) in [6, 6.07) is 0.568. The molecule has 3 rings (SSSR count). The van der Waals surface area contributed by atoms with E-state index in [1.807, 2.05) is 0 Å². The molecule has 0 bridgehead atoms. The number of ether oxygens (including phenoxy) is 2. The van der Waals surface area contributed by atoms with Crippen LogP contribution < -0.4 is 0 Å². The van der Waals surface area contributed by atoms with Gasteiger partial charge >= 0.3 is 0 Å². The van der Waals surface area contributed by atoms with E-state index in [2.05, 4.69) is 28.6 Å². The van der Waals surface area contributed by atoms with Crippen LogP contribution in [0.25, 0.3) is 0 Å². The molecule has 1 saturated heterocycles. The van der Waals surface area contributed by atoms with Crippen LogP contribution >= 0.6 is 11.8 Å². The van der Waals surface area contributed by atoms with Crippen molar-refractivity contribution in [3.63, 3.8) is 0 Å². The Balaban J connectivity index is 1.49. The molecule has 1 aromatic heterocycles. The van der Waals surface area contributed by atoms with E-state index in [9.17, 15) is 0 Å². The van der Waals surface area contributed by atoms with Crippen LogP contribution in [-0.2, 0) is 9.47 Å².